The van der Waals surface area contributed by atoms with Crippen molar-refractivity contribution in [1.29, 1.82) is 0 Å². The van der Waals surface area contributed by atoms with Gasteiger partial charge in [-0.1, -0.05) is 19.9 Å². The van der Waals surface area contributed by atoms with Crippen molar-refractivity contribution in [3.05, 3.63) is 59.7 Å². The Morgan fingerprint density at radius 1 is 0.852 bits per heavy atom. The van der Waals surface area contributed by atoms with Crippen molar-refractivity contribution in [3.8, 4) is 11.5 Å². The van der Waals surface area contributed by atoms with Gasteiger partial charge in [0.1, 0.15) is 11.5 Å². The van der Waals surface area contributed by atoms with Gasteiger partial charge in [0.2, 0.25) is 0 Å². The maximum atomic E-state index is 12.2. The van der Waals surface area contributed by atoms with Crippen molar-refractivity contribution in [2.75, 3.05) is 6.61 Å². The van der Waals surface area contributed by atoms with Gasteiger partial charge in [-0.2, -0.15) is 0 Å². The van der Waals surface area contributed by atoms with E-state index in [0.717, 1.165) is 0 Å². The quantitative estimate of drug-likeness (QED) is 0.731. The van der Waals surface area contributed by atoms with Crippen LogP contribution in [0, 0.1) is 5.92 Å². The number of hydrogen-bond donors (Lipinski definition) is 2. The lowest BCUT2D eigenvalue weighted by Crippen LogP contribution is -2.41. The summed E-state index contributed by atoms with van der Waals surface area (Å²) in [5.74, 6) is 0.891. The molecule has 144 valence electrons. The van der Waals surface area contributed by atoms with E-state index in [0.29, 0.717) is 35.2 Å². The summed E-state index contributed by atoms with van der Waals surface area (Å²) in [4.78, 5) is 24.4. The first-order chi connectivity index (χ1) is 12.8. The zero-order valence-electron chi connectivity index (χ0n) is 16.1. The molecule has 2 rings (SSSR count). The second kappa shape index (κ2) is 9.62. The van der Waals surface area contributed by atoms with Gasteiger partial charge in [-0.25, -0.2) is 0 Å². The molecule has 0 spiro atoms. The monoisotopic (exact) mass is 370 g/mol. The minimum atomic E-state index is -0.422. The lowest BCUT2D eigenvalue weighted by Gasteiger charge is -2.12. The van der Waals surface area contributed by atoms with Crippen LogP contribution in [0.5, 0.6) is 11.5 Å². The number of ether oxygens (including phenoxy) is 2. The molecule has 2 amide bonds. The molecule has 0 aliphatic rings. The van der Waals surface area contributed by atoms with Gasteiger partial charge in [-0.15, -0.1) is 0 Å². The Bertz CT molecular complexity index is 770. The van der Waals surface area contributed by atoms with E-state index in [4.69, 9.17) is 9.47 Å². The van der Waals surface area contributed by atoms with Gasteiger partial charge in [-0.3, -0.25) is 20.4 Å². The van der Waals surface area contributed by atoms with Gasteiger partial charge in [0.25, 0.3) is 11.8 Å². The van der Waals surface area contributed by atoms with E-state index >= 15 is 0 Å². The average molecular weight is 370 g/mol. The van der Waals surface area contributed by atoms with Gasteiger partial charge >= 0.3 is 0 Å². The summed E-state index contributed by atoms with van der Waals surface area (Å²) in [5.41, 5.74) is 5.63. The van der Waals surface area contributed by atoms with Crippen LogP contribution in [0.1, 0.15) is 48.4 Å². The number of hydrogen-bond acceptors (Lipinski definition) is 4. The van der Waals surface area contributed by atoms with E-state index < -0.39 is 11.8 Å². The van der Waals surface area contributed by atoms with Crippen molar-refractivity contribution in [2.45, 2.75) is 33.8 Å². The summed E-state index contributed by atoms with van der Waals surface area (Å²) in [5, 5.41) is 0. The van der Waals surface area contributed by atoms with Gasteiger partial charge in [0.05, 0.1) is 12.7 Å². The number of benzene rings is 2. The Kier molecular flexibility index (Phi) is 7.23. The van der Waals surface area contributed by atoms with E-state index in [1.807, 2.05) is 13.8 Å². The summed E-state index contributed by atoms with van der Waals surface area (Å²) in [7, 11) is 0. The lowest BCUT2D eigenvalue weighted by molar-refractivity contribution is 0.0846. The Morgan fingerprint density at radius 2 is 1.48 bits per heavy atom. The molecule has 0 atom stereocenters. The number of carbonyl (C=O) groups is 2. The van der Waals surface area contributed by atoms with Crippen LogP contribution in [-0.2, 0) is 0 Å². The molecule has 27 heavy (non-hydrogen) atoms. The molecule has 0 radical (unpaired) electrons. The molecule has 0 aliphatic carbocycles. The molecule has 0 bridgehead atoms. The van der Waals surface area contributed by atoms with E-state index in [1.165, 1.54) is 0 Å². The summed E-state index contributed by atoms with van der Waals surface area (Å²) < 4.78 is 11.1. The Balaban J connectivity index is 1.90. The van der Waals surface area contributed by atoms with Crippen LogP contribution in [0.15, 0.2) is 48.5 Å². The number of carbonyl (C=O) groups excluding carboxylic acids is 2. The van der Waals surface area contributed by atoms with Gasteiger partial charge in [0.15, 0.2) is 0 Å². The maximum Gasteiger partial charge on any atom is 0.269 e. The van der Waals surface area contributed by atoms with Crippen molar-refractivity contribution in [1.82, 2.24) is 10.9 Å². The van der Waals surface area contributed by atoms with Crippen molar-refractivity contribution in [2.24, 2.45) is 5.92 Å². The predicted octanol–water partition coefficient (Wildman–Crippen LogP) is 3.58. The van der Waals surface area contributed by atoms with Crippen molar-refractivity contribution in [3.63, 3.8) is 0 Å². The number of amides is 2. The lowest BCUT2D eigenvalue weighted by atomic mass is 10.2. The number of nitrogens with one attached hydrogen (secondary N) is 2. The molecule has 0 fully saturated rings. The first-order valence-electron chi connectivity index (χ1n) is 8.95. The minimum Gasteiger partial charge on any atom is -0.493 e. The van der Waals surface area contributed by atoms with Crippen LogP contribution in [0.4, 0.5) is 0 Å². The average Bonchev–Trinajstić information content (AvgIpc) is 2.64. The molecule has 2 aromatic rings. The summed E-state index contributed by atoms with van der Waals surface area (Å²) in [6.07, 6.45) is 0.00973. The fourth-order valence-corrected chi connectivity index (χ4v) is 2.21. The Labute approximate surface area is 159 Å². The number of hydrazine groups is 1. The minimum absolute atomic E-state index is 0.00973. The summed E-state index contributed by atoms with van der Waals surface area (Å²) in [6.45, 7) is 8.56. The predicted molar refractivity (Wildman–Crippen MR) is 104 cm³/mol. The summed E-state index contributed by atoms with van der Waals surface area (Å²) in [6, 6.07) is 13.5. The third kappa shape index (κ3) is 6.66. The van der Waals surface area contributed by atoms with Gasteiger partial charge < -0.3 is 9.47 Å². The van der Waals surface area contributed by atoms with Crippen LogP contribution in [0.2, 0.25) is 0 Å². The molecule has 6 nitrogen and oxygen atoms in total. The van der Waals surface area contributed by atoms with Crippen molar-refractivity contribution >= 4 is 11.8 Å². The molecule has 0 heterocycles. The second-order valence-corrected chi connectivity index (χ2v) is 6.83. The van der Waals surface area contributed by atoms with Crippen LogP contribution in [-0.4, -0.2) is 24.5 Å². The highest BCUT2D eigenvalue weighted by molar-refractivity contribution is 5.99. The normalized spacial score (nSPS) is 10.6. The largest absolute Gasteiger partial charge is 0.493 e. The standard InChI is InChI=1S/C21H26N2O4/c1-14(2)13-26-18-10-8-16(9-11-18)20(24)22-23-21(25)17-6-5-7-19(12-17)27-15(3)4/h5-12,14-15H,13H2,1-4H3,(H,22,24)(H,23,25). The second-order valence-electron chi connectivity index (χ2n) is 6.83. The third-order valence-corrected chi connectivity index (χ3v) is 3.46. The Hall–Kier alpha value is -3.02. The van der Waals surface area contributed by atoms with E-state index in [1.54, 1.807) is 48.5 Å². The fourth-order valence-electron chi connectivity index (χ4n) is 2.21. The fraction of sp³-hybridized carbons (Fsp3) is 0.333. The van der Waals surface area contributed by atoms with Gasteiger partial charge in [-0.05, 0) is 62.2 Å². The van der Waals surface area contributed by atoms with Gasteiger partial charge in [0, 0.05) is 11.1 Å². The summed E-state index contributed by atoms with van der Waals surface area (Å²) >= 11 is 0. The third-order valence-electron chi connectivity index (χ3n) is 3.46. The first kappa shape index (κ1) is 20.3. The van der Waals surface area contributed by atoms with E-state index in [2.05, 4.69) is 24.7 Å². The zero-order valence-corrected chi connectivity index (χ0v) is 16.1. The molecular formula is C21H26N2O4. The molecule has 0 aromatic heterocycles. The molecule has 6 heteroatoms. The molecule has 0 aliphatic heterocycles. The molecule has 0 saturated carbocycles. The van der Waals surface area contributed by atoms with Crippen molar-refractivity contribution < 1.29 is 19.1 Å². The zero-order chi connectivity index (χ0) is 19.8. The molecule has 0 unspecified atom stereocenters. The van der Waals surface area contributed by atoms with Crippen LogP contribution in [0.25, 0.3) is 0 Å². The Morgan fingerprint density at radius 3 is 2.07 bits per heavy atom. The molecular weight excluding hydrogens is 344 g/mol. The van der Waals surface area contributed by atoms with E-state index in [9.17, 15) is 9.59 Å². The molecule has 2 N–H and O–H groups in total. The highest BCUT2D eigenvalue weighted by atomic mass is 16.5. The smallest absolute Gasteiger partial charge is 0.269 e. The molecule has 2 aromatic carbocycles. The van der Waals surface area contributed by atoms with E-state index in [-0.39, 0.29) is 6.10 Å². The highest BCUT2D eigenvalue weighted by Gasteiger charge is 2.10. The maximum absolute atomic E-state index is 12.2. The number of rotatable bonds is 7. The SMILES string of the molecule is CC(C)COc1ccc(C(=O)NNC(=O)c2cccc(OC(C)C)c2)cc1. The van der Waals surface area contributed by atoms with Crippen LogP contribution < -0.4 is 20.3 Å². The topological polar surface area (TPSA) is 76.7 Å². The van der Waals surface area contributed by atoms with Crippen LogP contribution in [0.3, 0.4) is 0 Å². The van der Waals surface area contributed by atoms with Crippen LogP contribution >= 0.6 is 0 Å². The molecule has 0 saturated heterocycles. The first-order valence-corrected chi connectivity index (χ1v) is 8.95. The highest BCUT2D eigenvalue weighted by Crippen LogP contribution is 2.15.